The van der Waals surface area contributed by atoms with Crippen LogP contribution in [0.4, 0.5) is 0 Å². The van der Waals surface area contributed by atoms with Crippen molar-refractivity contribution in [1.82, 2.24) is 0 Å². The highest BCUT2D eigenvalue weighted by atomic mass is 32.1. The van der Waals surface area contributed by atoms with E-state index in [1.807, 2.05) is 11.3 Å². The maximum absolute atomic E-state index is 2.50. The molecule has 15 aromatic rings. The second-order valence-electron chi connectivity index (χ2n) is 17.9. The standard InChI is InChI=1S/C64H36S/c1-2-14-38-32-60-57(31-37(38)13-1)51-23-11-12-24-54(51)63-61-35-58-50-22-10-9-21-49(50)56-34-40(26-28-53(56)59(58)36-62(61)65-64(60)63)42-30-29-41(43-15-3-4-16-44(42)43)39-25-27-52-47-19-6-5-17-45(47)46-18-7-8-20-48(46)55(52)33-39/h1-36H. The minimum Gasteiger partial charge on any atom is -0.134 e. The summed E-state index contributed by atoms with van der Waals surface area (Å²) in [6, 6.07) is 82.2. The third-order valence-electron chi connectivity index (χ3n) is 14.6. The summed E-state index contributed by atoms with van der Waals surface area (Å²) in [6.45, 7) is 0. The van der Waals surface area contributed by atoms with Gasteiger partial charge in [0.25, 0.3) is 0 Å². The summed E-state index contributed by atoms with van der Waals surface area (Å²) in [5, 5.41) is 28.7. The lowest BCUT2D eigenvalue weighted by molar-refractivity contribution is 1.66. The monoisotopic (exact) mass is 836 g/mol. The van der Waals surface area contributed by atoms with Gasteiger partial charge in [-0.1, -0.05) is 182 Å². The van der Waals surface area contributed by atoms with Crippen LogP contribution in [0.15, 0.2) is 218 Å². The van der Waals surface area contributed by atoms with Gasteiger partial charge in [-0.25, -0.2) is 0 Å². The molecule has 1 aromatic heterocycles. The largest absolute Gasteiger partial charge is 0.134 e. The molecule has 0 unspecified atom stereocenters. The summed E-state index contributed by atoms with van der Waals surface area (Å²) in [7, 11) is 0. The van der Waals surface area contributed by atoms with Crippen molar-refractivity contribution >= 4 is 139 Å². The van der Waals surface area contributed by atoms with Crippen molar-refractivity contribution in [3.8, 4) is 22.3 Å². The highest BCUT2D eigenvalue weighted by molar-refractivity contribution is 7.27. The molecule has 0 radical (unpaired) electrons. The molecule has 0 N–H and O–H groups in total. The van der Waals surface area contributed by atoms with Crippen LogP contribution in [-0.4, -0.2) is 0 Å². The molecule has 14 aromatic carbocycles. The Balaban J connectivity index is 0.942. The predicted octanol–water partition coefficient (Wildman–Crippen LogP) is 18.9. The number of thiophene rings is 1. The first kappa shape index (κ1) is 35.4. The smallest absolute Gasteiger partial charge is 0.0440 e. The first-order valence-electron chi connectivity index (χ1n) is 22.6. The third kappa shape index (κ3) is 4.96. The molecule has 0 spiro atoms. The van der Waals surface area contributed by atoms with E-state index in [2.05, 4.69) is 218 Å². The molecule has 0 atom stereocenters. The average Bonchev–Trinajstić information content (AvgIpc) is 3.76. The van der Waals surface area contributed by atoms with Gasteiger partial charge in [-0.2, -0.15) is 0 Å². The summed E-state index contributed by atoms with van der Waals surface area (Å²) < 4.78 is 2.70. The van der Waals surface area contributed by atoms with Gasteiger partial charge in [0, 0.05) is 25.6 Å². The summed E-state index contributed by atoms with van der Waals surface area (Å²) >= 11 is 1.95. The number of benzene rings is 14. The van der Waals surface area contributed by atoms with Crippen LogP contribution in [0, 0.1) is 0 Å². The lowest BCUT2D eigenvalue weighted by Gasteiger charge is -2.16. The molecule has 0 saturated carbocycles. The van der Waals surface area contributed by atoms with Crippen LogP contribution in [0.25, 0.3) is 150 Å². The highest BCUT2D eigenvalue weighted by Gasteiger charge is 2.19. The fourth-order valence-corrected chi connectivity index (χ4v) is 12.9. The number of hydrogen-bond donors (Lipinski definition) is 0. The van der Waals surface area contributed by atoms with Gasteiger partial charge in [-0.05, 0) is 161 Å². The number of fused-ring (bicyclic) bond motifs is 22. The molecule has 0 saturated heterocycles. The van der Waals surface area contributed by atoms with Crippen LogP contribution in [-0.2, 0) is 0 Å². The van der Waals surface area contributed by atoms with Crippen molar-refractivity contribution in [2.75, 3.05) is 0 Å². The Bertz CT molecular complexity index is 4550. The molecule has 0 aliphatic heterocycles. The van der Waals surface area contributed by atoms with E-state index in [9.17, 15) is 0 Å². The second-order valence-corrected chi connectivity index (χ2v) is 18.9. The molecule has 1 heteroatoms. The predicted molar refractivity (Wildman–Crippen MR) is 285 cm³/mol. The molecule has 0 amide bonds. The van der Waals surface area contributed by atoms with E-state index in [0.29, 0.717) is 0 Å². The van der Waals surface area contributed by atoms with E-state index in [1.165, 1.54) is 150 Å². The van der Waals surface area contributed by atoms with Gasteiger partial charge in [-0.3, -0.25) is 0 Å². The molecule has 0 fully saturated rings. The minimum atomic E-state index is 1.23. The molecule has 1 heterocycles. The Morgan fingerprint density at radius 3 is 1.09 bits per heavy atom. The van der Waals surface area contributed by atoms with Gasteiger partial charge >= 0.3 is 0 Å². The molecular weight excluding hydrogens is 801 g/mol. The Morgan fingerprint density at radius 2 is 0.569 bits per heavy atom. The van der Waals surface area contributed by atoms with Gasteiger partial charge in [0.2, 0.25) is 0 Å². The molecule has 0 aliphatic carbocycles. The second kappa shape index (κ2) is 13.2. The quantitative estimate of drug-likeness (QED) is 0.120. The Morgan fingerprint density at radius 1 is 0.215 bits per heavy atom. The summed E-state index contributed by atoms with van der Waals surface area (Å²) in [4.78, 5) is 0. The maximum Gasteiger partial charge on any atom is 0.0440 e. The summed E-state index contributed by atoms with van der Waals surface area (Å²) in [5.74, 6) is 0. The average molecular weight is 837 g/mol. The topological polar surface area (TPSA) is 0 Å². The zero-order valence-corrected chi connectivity index (χ0v) is 36.0. The Kier molecular flexibility index (Phi) is 7.19. The van der Waals surface area contributed by atoms with Gasteiger partial charge in [0.1, 0.15) is 0 Å². The van der Waals surface area contributed by atoms with E-state index >= 15 is 0 Å². The fourth-order valence-electron chi connectivity index (χ4n) is 11.6. The van der Waals surface area contributed by atoms with Crippen LogP contribution in [0.1, 0.15) is 0 Å². The van der Waals surface area contributed by atoms with E-state index in [0.717, 1.165) is 0 Å². The van der Waals surface area contributed by atoms with Gasteiger partial charge in [0.15, 0.2) is 0 Å². The number of rotatable bonds is 2. The van der Waals surface area contributed by atoms with Gasteiger partial charge in [-0.15, -0.1) is 11.3 Å². The highest BCUT2D eigenvalue weighted by Crippen LogP contribution is 2.49. The van der Waals surface area contributed by atoms with E-state index in [-0.39, 0.29) is 0 Å². The van der Waals surface area contributed by atoms with Crippen LogP contribution >= 0.6 is 11.3 Å². The third-order valence-corrected chi connectivity index (χ3v) is 15.7. The first-order valence-corrected chi connectivity index (χ1v) is 23.4. The van der Waals surface area contributed by atoms with E-state index in [1.54, 1.807) is 0 Å². The lowest BCUT2D eigenvalue weighted by atomic mass is 9.88. The summed E-state index contributed by atoms with van der Waals surface area (Å²) in [5.41, 5.74) is 4.97. The van der Waals surface area contributed by atoms with Gasteiger partial charge < -0.3 is 0 Å². The zero-order chi connectivity index (χ0) is 42.3. The first-order chi connectivity index (χ1) is 32.2. The van der Waals surface area contributed by atoms with Crippen LogP contribution < -0.4 is 0 Å². The molecule has 0 aliphatic rings. The van der Waals surface area contributed by atoms with Crippen molar-refractivity contribution in [2.45, 2.75) is 0 Å². The fraction of sp³-hybridized carbons (Fsp3) is 0. The lowest BCUT2D eigenvalue weighted by Crippen LogP contribution is -1.89. The Hall–Kier alpha value is -8.10. The Labute approximate surface area is 377 Å². The normalized spacial score (nSPS) is 12.3. The molecule has 0 nitrogen and oxygen atoms in total. The molecule has 298 valence electrons. The molecule has 65 heavy (non-hydrogen) atoms. The van der Waals surface area contributed by atoms with Crippen LogP contribution in [0.3, 0.4) is 0 Å². The SMILES string of the molecule is c1ccc2cc3c(cc2c1)c1ccccc1c1c2cc4c5ccccc5c5cc(-c6ccc(-c7ccc8c9ccccc9c9ccccc9c8c7)c7ccccc67)ccc5c4cc2sc31. The van der Waals surface area contributed by atoms with E-state index in [4.69, 9.17) is 0 Å². The van der Waals surface area contributed by atoms with Gasteiger partial charge in [0.05, 0.1) is 0 Å². The minimum absolute atomic E-state index is 1.23. The number of hydrogen-bond acceptors (Lipinski definition) is 1. The van der Waals surface area contributed by atoms with Crippen molar-refractivity contribution in [2.24, 2.45) is 0 Å². The zero-order valence-electron chi connectivity index (χ0n) is 35.2. The van der Waals surface area contributed by atoms with Crippen molar-refractivity contribution < 1.29 is 0 Å². The van der Waals surface area contributed by atoms with E-state index < -0.39 is 0 Å². The summed E-state index contributed by atoms with van der Waals surface area (Å²) in [6.07, 6.45) is 0. The van der Waals surface area contributed by atoms with Crippen LogP contribution in [0.5, 0.6) is 0 Å². The molecule has 0 bridgehead atoms. The van der Waals surface area contributed by atoms with Crippen LogP contribution in [0.2, 0.25) is 0 Å². The molecule has 15 rings (SSSR count). The van der Waals surface area contributed by atoms with Crippen molar-refractivity contribution in [3.63, 3.8) is 0 Å². The van der Waals surface area contributed by atoms with Crippen molar-refractivity contribution in [3.05, 3.63) is 218 Å². The maximum atomic E-state index is 2.50. The molecular formula is C64H36S. The van der Waals surface area contributed by atoms with Crippen molar-refractivity contribution in [1.29, 1.82) is 0 Å².